The highest BCUT2D eigenvalue weighted by molar-refractivity contribution is 5.98. The number of morpholine rings is 1. The van der Waals surface area contributed by atoms with Crippen molar-refractivity contribution < 1.29 is 13.9 Å². The molecule has 0 atom stereocenters. The van der Waals surface area contributed by atoms with E-state index in [2.05, 4.69) is 20.2 Å². The second-order valence-electron chi connectivity index (χ2n) is 7.87. The van der Waals surface area contributed by atoms with Crippen molar-refractivity contribution in [2.45, 2.75) is 26.4 Å². The summed E-state index contributed by atoms with van der Waals surface area (Å²) in [5.74, 6) is 1.73. The normalized spacial score (nSPS) is 16.2. The van der Waals surface area contributed by atoms with Gasteiger partial charge in [0.2, 0.25) is 11.8 Å². The van der Waals surface area contributed by atoms with Gasteiger partial charge in [0, 0.05) is 35.9 Å². The van der Waals surface area contributed by atoms with Gasteiger partial charge in [0.05, 0.1) is 26.0 Å². The van der Waals surface area contributed by atoms with Crippen LogP contribution < -0.4 is 10.2 Å². The lowest BCUT2D eigenvalue weighted by molar-refractivity contribution is 0.0726. The molecular weight excluding hydrogens is 396 g/mol. The molecule has 0 unspecified atom stereocenters. The van der Waals surface area contributed by atoms with Gasteiger partial charge in [-0.15, -0.1) is 0 Å². The van der Waals surface area contributed by atoms with Crippen molar-refractivity contribution in [3.05, 3.63) is 48.0 Å². The van der Waals surface area contributed by atoms with Gasteiger partial charge in [-0.25, -0.2) is 9.97 Å². The van der Waals surface area contributed by atoms with E-state index in [1.165, 1.54) is 0 Å². The standard InChI is InChI=1S/C22H24N6O3/c1-14(2)28-13-17-18(21(28)29)25-22(27-8-11-30-12-9-27)26-19(17)24-16-5-3-15(4-6-16)20-23-7-10-31-20/h3-7,10,14H,8-9,11-13H2,1-2H3,(H,24,25,26). The number of benzene rings is 1. The monoisotopic (exact) mass is 420 g/mol. The van der Waals surface area contributed by atoms with E-state index < -0.39 is 0 Å². The highest BCUT2D eigenvalue weighted by Gasteiger charge is 2.35. The third kappa shape index (κ3) is 3.72. The predicted octanol–water partition coefficient (Wildman–Crippen LogP) is 3.08. The van der Waals surface area contributed by atoms with Gasteiger partial charge in [0.1, 0.15) is 17.8 Å². The maximum atomic E-state index is 13.0. The number of rotatable bonds is 5. The van der Waals surface area contributed by atoms with Gasteiger partial charge in [-0.1, -0.05) is 0 Å². The number of nitrogens with one attached hydrogen (secondary N) is 1. The Balaban J connectivity index is 1.49. The van der Waals surface area contributed by atoms with E-state index in [4.69, 9.17) is 14.1 Å². The SMILES string of the molecule is CC(C)N1Cc2c(Nc3ccc(-c4ncco4)cc3)nc(N3CCOCC3)nc2C1=O. The molecular formula is C22H24N6O3. The van der Waals surface area contributed by atoms with Crippen LogP contribution in [-0.4, -0.2) is 58.1 Å². The van der Waals surface area contributed by atoms with Crippen LogP contribution in [0.15, 0.2) is 41.1 Å². The number of anilines is 3. The first-order chi connectivity index (χ1) is 15.1. The van der Waals surface area contributed by atoms with Crippen molar-refractivity contribution in [1.29, 1.82) is 0 Å². The average Bonchev–Trinajstić information content (AvgIpc) is 3.44. The zero-order valence-electron chi connectivity index (χ0n) is 17.5. The van der Waals surface area contributed by atoms with E-state index in [1.807, 2.05) is 43.0 Å². The fraction of sp³-hybridized carbons (Fsp3) is 0.364. The molecule has 2 aromatic heterocycles. The predicted molar refractivity (Wildman–Crippen MR) is 115 cm³/mol. The molecule has 0 bridgehead atoms. The Morgan fingerprint density at radius 2 is 1.87 bits per heavy atom. The van der Waals surface area contributed by atoms with Crippen LogP contribution in [0.4, 0.5) is 17.5 Å². The maximum absolute atomic E-state index is 13.0. The van der Waals surface area contributed by atoms with Crippen LogP contribution in [0.2, 0.25) is 0 Å². The Morgan fingerprint density at radius 1 is 1.10 bits per heavy atom. The molecule has 0 spiro atoms. The molecule has 9 nitrogen and oxygen atoms in total. The first-order valence-electron chi connectivity index (χ1n) is 10.4. The van der Waals surface area contributed by atoms with E-state index in [9.17, 15) is 4.79 Å². The summed E-state index contributed by atoms with van der Waals surface area (Å²) in [7, 11) is 0. The van der Waals surface area contributed by atoms with E-state index in [0.29, 0.717) is 56.2 Å². The minimum absolute atomic E-state index is 0.0517. The van der Waals surface area contributed by atoms with E-state index in [0.717, 1.165) is 16.8 Å². The molecule has 3 aromatic rings. The number of carbonyl (C=O) groups excluding carboxylic acids is 1. The van der Waals surface area contributed by atoms with Gasteiger partial charge in [-0.05, 0) is 38.1 Å². The number of aromatic nitrogens is 3. The third-order valence-corrected chi connectivity index (χ3v) is 5.53. The Kier molecular flexibility index (Phi) is 5.03. The zero-order chi connectivity index (χ0) is 21.4. The zero-order valence-corrected chi connectivity index (χ0v) is 17.5. The van der Waals surface area contributed by atoms with Crippen molar-refractivity contribution in [3.8, 4) is 11.5 Å². The molecule has 1 N–H and O–H groups in total. The summed E-state index contributed by atoms with van der Waals surface area (Å²) in [6.45, 7) is 7.15. The number of fused-ring (bicyclic) bond motifs is 1. The van der Waals surface area contributed by atoms with Gasteiger partial charge >= 0.3 is 0 Å². The number of ether oxygens (including phenoxy) is 1. The van der Waals surface area contributed by atoms with Crippen molar-refractivity contribution in [2.75, 3.05) is 36.5 Å². The second kappa shape index (κ2) is 7.99. The highest BCUT2D eigenvalue weighted by atomic mass is 16.5. The van der Waals surface area contributed by atoms with Crippen LogP contribution in [0, 0.1) is 0 Å². The number of oxazole rings is 1. The molecule has 31 heavy (non-hydrogen) atoms. The fourth-order valence-electron chi connectivity index (χ4n) is 3.80. The second-order valence-corrected chi connectivity index (χ2v) is 7.87. The molecule has 2 aliphatic heterocycles. The Morgan fingerprint density at radius 3 is 2.55 bits per heavy atom. The molecule has 0 aliphatic carbocycles. The van der Waals surface area contributed by atoms with E-state index in [1.54, 1.807) is 12.5 Å². The van der Waals surface area contributed by atoms with Crippen LogP contribution >= 0.6 is 0 Å². The maximum Gasteiger partial charge on any atom is 0.273 e. The Bertz CT molecular complexity index is 1080. The number of hydrogen-bond acceptors (Lipinski definition) is 8. The lowest BCUT2D eigenvalue weighted by atomic mass is 10.2. The van der Waals surface area contributed by atoms with Crippen molar-refractivity contribution in [2.24, 2.45) is 0 Å². The molecule has 160 valence electrons. The molecule has 5 rings (SSSR count). The molecule has 0 saturated carbocycles. The van der Waals surface area contributed by atoms with Crippen LogP contribution in [-0.2, 0) is 11.3 Å². The largest absolute Gasteiger partial charge is 0.445 e. The molecule has 4 heterocycles. The first-order valence-corrected chi connectivity index (χ1v) is 10.4. The van der Waals surface area contributed by atoms with Gasteiger partial charge in [-0.2, -0.15) is 4.98 Å². The summed E-state index contributed by atoms with van der Waals surface area (Å²) >= 11 is 0. The quantitative estimate of drug-likeness (QED) is 0.673. The average molecular weight is 420 g/mol. The van der Waals surface area contributed by atoms with Crippen molar-refractivity contribution >= 4 is 23.4 Å². The number of nitrogens with zero attached hydrogens (tertiary/aromatic N) is 5. The van der Waals surface area contributed by atoms with Crippen LogP contribution in [0.1, 0.15) is 29.9 Å². The summed E-state index contributed by atoms with van der Waals surface area (Å²) in [5, 5.41) is 3.40. The minimum Gasteiger partial charge on any atom is -0.445 e. The van der Waals surface area contributed by atoms with Gasteiger partial charge in [-0.3, -0.25) is 4.79 Å². The van der Waals surface area contributed by atoms with Crippen LogP contribution in [0.25, 0.3) is 11.5 Å². The third-order valence-electron chi connectivity index (χ3n) is 5.53. The first kappa shape index (κ1) is 19.5. The molecule has 9 heteroatoms. The van der Waals surface area contributed by atoms with Crippen LogP contribution in [0.5, 0.6) is 0 Å². The summed E-state index contributed by atoms with van der Waals surface area (Å²) in [4.78, 5) is 30.5. The number of hydrogen-bond donors (Lipinski definition) is 1. The summed E-state index contributed by atoms with van der Waals surface area (Å²) in [5.41, 5.74) is 3.05. The summed E-state index contributed by atoms with van der Waals surface area (Å²) in [6, 6.07) is 7.84. The Labute approximate surface area is 180 Å². The highest BCUT2D eigenvalue weighted by Crippen LogP contribution is 2.32. The molecule has 1 saturated heterocycles. The molecule has 1 fully saturated rings. The minimum atomic E-state index is -0.0517. The van der Waals surface area contributed by atoms with E-state index in [-0.39, 0.29) is 11.9 Å². The van der Waals surface area contributed by atoms with Gasteiger partial charge in [0.15, 0.2) is 0 Å². The number of carbonyl (C=O) groups is 1. The lowest BCUT2D eigenvalue weighted by Gasteiger charge is -2.27. The molecule has 0 radical (unpaired) electrons. The number of amides is 1. The molecule has 1 amide bonds. The van der Waals surface area contributed by atoms with Gasteiger partial charge < -0.3 is 24.3 Å². The fourth-order valence-corrected chi connectivity index (χ4v) is 3.80. The molecule has 1 aromatic carbocycles. The van der Waals surface area contributed by atoms with Crippen molar-refractivity contribution in [1.82, 2.24) is 19.9 Å². The topological polar surface area (TPSA) is 96.6 Å². The summed E-state index contributed by atoms with van der Waals surface area (Å²) in [6.07, 6.45) is 3.17. The Hall–Kier alpha value is -3.46. The molecule has 2 aliphatic rings. The van der Waals surface area contributed by atoms with Crippen LogP contribution in [0.3, 0.4) is 0 Å². The van der Waals surface area contributed by atoms with Gasteiger partial charge in [0.25, 0.3) is 5.91 Å². The van der Waals surface area contributed by atoms with Crippen molar-refractivity contribution in [3.63, 3.8) is 0 Å². The van der Waals surface area contributed by atoms with E-state index >= 15 is 0 Å². The lowest BCUT2D eigenvalue weighted by Crippen LogP contribution is -2.37. The summed E-state index contributed by atoms with van der Waals surface area (Å²) < 4.78 is 10.8. The smallest absolute Gasteiger partial charge is 0.273 e.